The zero-order valence-electron chi connectivity index (χ0n) is 57.4. The van der Waals surface area contributed by atoms with Gasteiger partial charge in [-0.15, -0.1) is 11.6 Å². The van der Waals surface area contributed by atoms with Crippen LogP contribution in [0.3, 0.4) is 0 Å². The van der Waals surface area contributed by atoms with E-state index < -0.39 is 0 Å². The van der Waals surface area contributed by atoms with Crippen LogP contribution in [-0.4, -0.2) is 40.5 Å². The number of rotatable bonds is 9. The second-order valence-corrected chi connectivity index (χ2v) is 21.8. The summed E-state index contributed by atoms with van der Waals surface area (Å²) in [4.78, 5) is 13.0. The molecule has 0 aliphatic rings. The molecule has 0 amide bonds. The smallest absolute Gasteiger partial charge is 0.212 e. The number of nitrogens with zero attached hydrogens (tertiary/aromatic N) is 8. The number of halogens is 1. The Labute approximate surface area is 593 Å². The Kier molecular flexibility index (Phi) is 38.0. The molecule has 0 bridgehead atoms. The maximum absolute atomic E-state index is 4.64. The Morgan fingerprint density at radius 2 is 0.787 bits per heavy atom. The van der Waals surface area contributed by atoms with Crippen LogP contribution in [0.1, 0.15) is 62.3 Å². The number of nitrogens with one attached hydrogen (secondary N) is 2. The van der Waals surface area contributed by atoms with E-state index in [1.165, 1.54) is 80.1 Å². The van der Waals surface area contributed by atoms with Gasteiger partial charge in [0.05, 0.1) is 16.7 Å². The summed E-state index contributed by atoms with van der Waals surface area (Å²) in [6.45, 7) is 15.9. The van der Waals surface area contributed by atoms with E-state index in [1.807, 2.05) is 96.7 Å². The van der Waals surface area contributed by atoms with Gasteiger partial charge in [0, 0.05) is 150 Å². The van der Waals surface area contributed by atoms with Gasteiger partial charge in [0.15, 0.2) is 30.7 Å². The van der Waals surface area contributed by atoms with Crippen LogP contribution >= 0.6 is 11.6 Å². The van der Waals surface area contributed by atoms with Crippen molar-refractivity contribution in [1.29, 1.82) is 0 Å². The van der Waals surface area contributed by atoms with E-state index in [-0.39, 0.29) is 40.2 Å². The monoisotopic (exact) mass is 1630 g/mol. The molecular weight excluding hydrogens is 1530 g/mol. The number of fused-ring (bicyclic) bond motifs is 1. The number of aryl methyl sites for hydroxylation is 9. The molecule has 12 aromatic rings. The van der Waals surface area contributed by atoms with Gasteiger partial charge < -0.3 is 9.88 Å². The number of benzene rings is 6. The maximum Gasteiger partial charge on any atom is 0.212 e. The van der Waals surface area contributed by atoms with E-state index >= 15 is 0 Å². The second kappa shape index (κ2) is 44.9. The number of hydrogen-bond donors (Lipinski definition) is 2. The van der Waals surface area contributed by atoms with Crippen LogP contribution in [0, 0.1) is 27.7 Å². The van der Waals surface area contributed by atoms with Gasteiger partial charge >= 0.3 is 0 Å². The van der Waals surface area contributed by atoms with E-state index in [2.05, 4.69) is 321 Å². The number of aromatic nitrogens is 7. The standard InChI is InChI=1S/C14H21N5.4C13H14N.C11H9N.C3H8.CH3Cl.2Ir/c1-4-5-10-16-13(15-2)18-14-17-11-8-6-7-9-12(11)19(14)3;4*1-11-7-3-4-8-12(11)13-9-5-6-10-14(13)2;1-2-6-10(7-3-1)11-8-4-5-9-12-11;1-3-2;1-2;;/h6-9H,4-5,10H2,1-3H3,(H2,15,16,17,18);4*3-10H,1-2H3;1-9H;3H2,1-2H3;1H3;;/q;4*+1;;;;;. The summed E-state index contributed by atoms with van der Waals surface area (Å²) in [5, 5.41) is 6.51. The maximum atomic E-state index is 4.64. The number of para-hydroxylation sites is 2. The molecule has 12 rings (SSSR count). The molecule has 6 aromatic carbocycles. The molecule has 0 saturated heterocycles. The Hall–Kier alpha value is -8.60. The zero-order valence-corrected chi connectivity index (χ0v) is 63.0. The van der Waals surface area contributed by atoms with Crippen LogP contribution < -0.4 is 28.9 Å². The minimum Gasteiger partial charge on any atom is -0.356 e. The predicted octanol–water partition coefficient (Wildman–Crippen LogP) is 17.3. The van der Waals surface area contributed by atoms with E-state index in [4.69, 9.17) is 0 Å². The number of guanidine groups is 1. The minimum absolute atomic E-state index is 0. The Bertz CT molecular complexity index is 3540. The number of hydrogen-bond acceptors (Lipinski definition) is 3. The largest absolute Gasteiger partial charge is 0.356 e. The molecule has 492 valence electrons. The topological polar surface area (TPSA) is 82.7 Å². The molecule has 0 aliphatic carbocycles. The number of aliphatic imine (C=N–C) groups is 1. The van der Waals surface area contributed by atoms with Crippen LogP contribution in [0.2, 0.25) is 0 Å². The first-order valence-electron chi connectivity index (χ1n) is 31.6. The van der Waals surface area contributed by atoms with Crippen LogP contribution in [0.15, 0.2) is 279 Å². The summed E-state index contributed by atoms with van der Waals surface area (Å²) in [7, 11) is 12.0. The van der Waals surface area contributed by atoms with Gasteiger partial charge in [0.1, 0.15) is 28.2 Å². The SMILES string of the molecule is CCC.CCCCNC(=NC)Nc1nc2ccccc2n1C.CCl.Cc1ccccc1-c1cccc[n+]1C.Cc1ccccc1-c1cccc[n+]1C.Cc1ccccc1-c1cccc[n+]1C.Cc1ccccc1-c1cccc[n+]1C.[Ir].[Ir].c1ccc(-c2ccccn2)cc1. The molecule has 0 unspecified atom stereocenters. The summed E-state index contributed by atoms with van der Waals surface area (Å²) >= 11 is 4.64. The van der Waals surface area contributed by atoms with Gasteiger partial charge in [-0.2, -0.15) is 0 Å². The molecule has 2 N–H and O–H groups in total. The molecular formula is C81H97ClIr2N10+4. The Morgan fingerprint density at radius 3 is 1.12 bits per heavy atom. The number of anilines is 1. The first kappa shape index (κ1) is 79.6. The number of unbranched alkanes of at least 4 members (excludes halogenated alkanes) is 1. The fourth-order valence-electron chi connectivity index (χ4n) is 9.72. The summed E-state index contributed by atoms with van der Waals surface area (Å²) < 4.78 is 10.6. The number of alkyl halides is 1. The van der Waals surface area contributed by atoms with E-state index in [0.717, 1.165) is 53.6 Å². The Morgan fingerprint density at radius 1 is 0.447 bits per heavy atom. The molecule has 0 aliphatic heterocycles. The predicted molar refractivity (Wildman–Crippen MR) is 389 cm³/mol. The van der Waals surface area contributed by atoms with Gasteiger partial charge in [-0.3, -0.25) is 15.3 Å². The molecule has 0 atom stereocenters. The third-order valence-electron chi connectivity index (χ3n) is 14.7. The molecule has 0 fully saturated rings. The Balaban J connectivity index is 0.000000290. The molecule has 6 heterocycles. The fraction of sp³-hybridized carbons (Fsp3) is 0.222. The first-order valence-corrected chi connectivity index (χ1v) is 32.3. The van der Waals surface area contributed by atoms with Crippen molar-refractivity contribution in [3.63, 3.8) is 0 Å². The van der Waals surface area contributed by atoms with Crippen molar-refractivity contribution in [1.82, 2.24) is 19.9 Å². The fourth-order valence-corrected chi connectivity index (χ4v) is 9.72. The van der Waals surface area contributed by atoms with Crippen molar-refractivity contribution in [2.75, 3.05) is 25.3 Å². The molecule has 94 heavy (non-hydrogen) atoms. The average molecular weight is 1630 g/mol. The minimum atomic E-state index is 0. The van der Waals surface area contributed by atoms with Crippen molar-refractivity contribution in [2.45, 2.75) is 67.7 Å². The summed E-state index contributed by atoms with van der Waals surface area (Å²) in [6, 6.07) is 83.0. The van der Waals surface area contributed by atoms with Crippen molar-refractivity contribution in [3.8, 4) is 56.3 Å². The van der Waals surface area contributed by atoms with E-state index in [0.29, 0.717) is 0 Å². The normalized spacial score (nSPS) is 9.93. The quantitative estimate of drug-likeness (QED) is 0.0496. The molecule has 13 heteroatoms. The van der Waals surface area contributed by atoms with Crippen molar-refractivity contribution >= 4 is 34.5 Å². The van der Waals surface area contributed by atoms with Crippen LogP contribution in [0.5, 0.6) is 0 Å². The van der Waals surface area contributed by atoms with Gasteiger partial charge in [-0.25, -0.2) is 23.3 Å². The van der Waals surface area contributed by atoms with Crippen molar-refractivity contribution in [3.05, 3.63) is 296 Å². The van der Waals surface area contributed by atoms with Crippen LogP contribution in [0.25, 0.3) is 67.3 Å². The summed E-state index contributed by atoms with van der Waals surface area (Å²) in [6.07, 6.45) is 15.1. The van der Waals surface area contributed by atoms with Gasteiger partial charge in [-0.05, 0) is 129 Å². The van der Waals surface area contributed by atoms with Gasteiger partial charge in [0.25, 0.3) is 0 Å². The zero-order chi connectivity index (χ0) is 66.5. The summed E-state index contributed by atoms with van der Waals surface area (Å²) in [5.41, 5.74) is 19.8. The van der Waals surface area contributed by atoms with Gasteiger partial charge in [-0.1, -0.05) is 155 Å². The summed E-state index contributed by atoms with van der Waals surface area (Å²) in [5.74, 6) is 1.55. The van der Waals surface area contributed by atoms with Crippen molar-refractivity contribution in [2.24, 2.45) is 40.2 Å². The third kappa shape index (κ3) is 25.4. The first-order chi connectivity index (χ1) is 44.8. The molecule has 6 aromatic heterocycles. The number of imidazole rings is 1. The van der Waals surface area contributed by atoms with Gasteiger partial charge in [0.2, 0.25) is 28.7 Å². The van der Waals surface area contributed by atoms with E-state index in [1.54, 1.807) is 7.05 Å². The molecule has 0 saturated carbocycles. The van der Waals surface area contributed by atoms with Crippen LogP contribution in [0.4, 0.5) is 5.95 Å². The van der Waals surface area contributed by atoms with E-state index in [9.17, 15) is 0 Å². The third-order valence-corrected chi connectivity index (χ3v) is 14.7. The van der Waals surface area contributed by atoms with Crippen molar-refractivity contribution < 1.29 is 58.5 Å². The number of pyridine rings is 5. The average Bonchev–Trinajstić information content (AvgIpc) is 1.53. The molecule has 0 spiro atoms. The van der Waals surface area contributed by atoms with Crippen LogP contribution in [-0.2, 0) is 75.4 Å². The molecule has 2 radical (unpaired) electrons. The molecule has 10 nitrogen and oxygen atoms in total. The second-order valence-electron chi connectivity index (χ2n) is 21.8.